The van der Waals surface area contributed by atoms with E-state index in [1.165, 1.54) is 16.5 Å². The lowest BCUT2D eigenvalue weighted by molar-refractivity contribution is 0.597. The van der Waals surface area contributed by atoms with Gasteiger partial charge < -0.3 is 0 Å². The van der Waals surface area contributed by atoms with Crippen LogP contribution < -0.4 is 5.69 Å². The molecule has 0 saturated heterocycles. The normalized spacial score (nSPS) is 14.2. The summed E-state index contributed by atoms with van der Waals surface area (Å²) < 4.78 is 42.1. The summed E-state index contributed by atoms with van der Waals surface area (Å²) in [5.74, 6) is -0.465. The number of fused-ring (bicyclic) bond motifs is 1. The highest BCUT2D eigenvalue weighted by molar-refractivity contribution is 7.91. The van der Waals surface area contributed by atoms with Gasteiger partial charge in [0.05, 0.1) is 16.3 Å². The Morgan fingerprint density at radius 3 is 2.44 bits per heavy atom. The van der Waals surface area contributed by atoms with Gasteiger partial charge in [-0.05, 0) is 42.2 Å². The topological polar surface area (TPSA) is 73.4 Å². The quantitative estimate of drug-likeness (QED) is 0.394. The summed E-state index contributed by atoms with van der Waals surface area (Å²) in [6, 6.07) is 12.6. The molecule has 0 spiro atoms. The Bertz CT molecular complexity index is 1520. The van der Waals surface area contributed by atoms with Crippen LogP contribution in [0.4, 0.5) is 4.39 Å². The monoisotopic (exact) mass is 471 g/mol. The van der Waals surface area contributed by atoms with E-state index in [4.69, 9.17) is 11.6 Å². The summed E-state index contributed by atoms with van der Waals surface area (Å²) in [7, 11) is -3.62. The summed E-state index contributed by atoms with van der Waals surface area (Å²) >= 11 is 6.31. The van der Waals surface area contributed by atoms with E-state index in [0.29, 0.717) is 33.2 Å². The molecule has 1 aliphatic carbocycles. The molecule has 0 N–H and O–H groups in total. The van der Waals surface area contributed by atoms with Crippen molar-refractivity contribution in [3.8, 4) is 22.4 Å². The van der Waals surface area contributed by atoms with Crippen molar-refractivity contribution in [1.29, 1.82) is 0 Å². The molecule has 0 atom stereocenters. The molecular formula is C23H19ClFN3O3S. The van der Waals surface area contributed by atoms with Gasteiger partial charge in [-0.15, -0.1) is 0 Å². The summed E-state index contributed by atoms with van der Waals surface area (Å²) in [4.78, 5) is 17.5. The third-order valence-electron chi connectivity index (χ3n) is 5.69. The highest BCUT2D eigenvalue weighted by atomic mass is 35.5. The van der Waals surface area contributed by atoms with Gasteiger partial charge in [0, 0.05) is 23.9 Å². The van der Waals surface area contributed by atoms with Gasteiger partial charge in [0.2, 0.25) is 0 Å². The van der Waals surface area contributed by atoms with Gasteiger partial charge in [-0.3, -0.25) is 8.97 Å². The molecule has 0 bridgehead atoms. The van der Waals surface area contributed by atoms with Gasteiger partial charge in [0.1, 0.15) is 16.6 Å². The number of nitrogens with zero attached hydrogens (tertiary/aromatic N) is 3. The largest absolute Gasteiger partial charge is 0.335 e. The van der Waals surface area contributed by atoms with Crippen LogP contribution in [0.5, 0.6) is 0 Å². The van der Waals surface area contributed by atoms with Crippen molar-refractivity contribution in [3.05, 3.63) is 76.2 Å². The lowest BCUT2D eigenvalue weighted by Crippen LogP contribution is -2.25. The fourth-order valence-electron chi connectivity index (χ4n) is 3.79. The molecule has 1 fully saturated rings. The molecule has 0 unspecified atom stereocenters. The molecule has 164 valence electrons. The molecular weight excluding hydrogens is 453 g/mol. The van der Waals surface area contributed by atoms with Crippen molar-refractivity contribution >= 4 is 27.1 Å². The van der Waals surface area contributed by atoms with Crippen molar-refractivity contribution in [3.63, 3.8) is 0 Å². The molecule has 2 heterocycles. The number of halogens is 2. The van der Waals surface area contributed by atoms with Gasteiger partial charge >= 0.3 is 5.69 Å². The Morgan fingerprint density at radius 2 is 1.78 bits per heavy atom. The van der Waals surface area contributed by atoms with Crippen LogP contribution in [0.1, 0.15) is 25.8 Å². The molecule has 32 heavy (non-hydrogen) atoms. The maximum Gasteiger partial charge on any atom is 0.335 e. The summed E-state index contributed by atoms with van der Waals surface area (Å²) in [5.41, 5.74) is 2.16. The van der Waals surface area contributed by atoms with E-state index in [1.54, 1.807) is 54.1 Å². The molecule has 0 aliphatic heterocycles. The SMILES string of the molecule is CCS(=O)(=O)c1cc(-c2ccc(F)cc2)ccc1-c1cn2c(=O)n(C3CC3)c(Cl)cc2n1. The average Bonchev–Trinajstić information content (AvgIpc) is 3.52. The molecule has 6 nitrogen and oxygen atoms in total. The fraction of sp³-hybridized carbons (Fsp3) is 0.217. The highest BCUT2D eigenvalue weighted by Crippen LogP contribution is 2.36. The van der Waals surface area contributed by atoms with Gasteiger partial charge in [0.25, 0.3) is 0 Å². The third kappa shape index (κ3) is 3.53. The van der Waals surface area contributed by atoms with Crippen LogP contribution in [-0.2, 0) is 9.84 Å². The Kier molecular flexibility index (Phi) is 4.94. The Hall–Kier alpha value is -2.97. The summed E-state index contributed by atoms with van der Waals surface area (Å²) in [6.45, 7) is 1.57. The zero-order valence-electron chi connectivity index (χ0n) is 17.1. The number of benzene rings is 2. The molecule has 1 aliphatic rings. The minimum absolute atomic E-state index is 0.0938. The van der Waals surface area contributed by atoms with Crippen LogP contribution in [0, 0.1) is 5.82 Å². The minimum atomic E-state index is -3.62. The number of hydrogen-bond acceptors (Lipinski definition) is 4. The number of sulfone groups is 1. The van der Waals surface area contributed by atoms with E-state index in [2.05, 4.69) is 4.98 Å². The molecule has 2 aromatic heterocycles. The first-order valence-corrected chi connectivity index (χ1v) is 12.2. The van der Waals surface area contributed by atoms with Gasteiger partial charge in [-0.1, -0.05) is 42.8 Å². The number of aromatic nitrogens is 3. The van der Waals surface area contributed by atoms with Crippen LogP contribution in [0.15, 0.2) is 64.4 Å². The Labute approximate surface area is 188 Å². The molecule has 4 aromatic rings. The zero-order chi connectivity index (χ0) is 22.6. The molecule has 5 rings (SSSR count). The molecule has 2 aromatic carbocycles. The molecule has 0 amide bonds. The van der Waals surface area contributed by atoms with E-state index < -0.39 is 9.84 Å². The Balaban J connectivity index is 1.70. The van der Waals surface area contributed by atoms with Gasteiger partial charge in [-0.2, -0.15) is 0 Å². The maximum absolute atomic E-state index is 13.3. The second-order valence-corrected chi connectivity index (χ2v) is 10.5. The molecule has 9 heteroatoms. The summed E-state index contributed by atoms with van der Waals surface area (Å²) in [6.07, 6.45) is 3.35. The van der Waals surface area contributed by atoms with Gasteiger partial charge in [0.15, 0.2) is 9.84 Å². The average molecular weight is 472 g/mol. The Morgan fingerprint density at radius 1 is 1.09 bits per heavy atom. The van der Waals surface area contributed by atoms with Crippen LogP contribution in [0.25, 0.3) is 28.0 Å². The first kappa shape index (κ1) is 20.9. The van der Waals surface area contributed by atoms with Crippen molar-refractivity contribution in [2.75, 3.05) is 5.75 Å². The van der Waals surface area contributed by atoms with E-state index >= 15 is 0 Å². The van der Waals surface area contributed by atoms with Crippen LogP contribution in [-0.4, -0.2) is 28.1 Å². The van der Waals surface area contributed by atoms with Crippen molar-refractivity contribution < 1.29 is 12.8 Å². The summed E-state index contributed by atoms with van der Waals surface area (Å²) in [5, 5.41) is 0.315. The number of rotatable bonds is 5. The number of hydrogen-bond donors (Lipinski definition) is 0. The third-order valence-corrected chi connectivity index (χ3v) is 7.75. The minimum Gasteiger partial charge on any atom is -0.280 e. The standard InChI is InChI=1S/C23H19ClFN3O3S/c1-2-32(30,31)20-11-15(14-3-6-16(25)7-4-14)5-10-18(20)19-13-27-22(26-19)12-21(24)28(23(27)29)17-8-9-17/h3-7,10-13,17H,2,8-9H2,1H3. The lowest BCUT2D eigenvalue weighted by atomic mass is 10.0. The second kappa shape index (κ2) is 7.56. The van der Waals surface area contributed by atoms with E-state index in [0.717, 1.165) is 12.8 Å². The van der Waals surface area contributed by atoms with Crippen molar-refractivity contribution in [2.45, 2.75) is 30.7 Å². The van der Waals surface area contributed by atoms with Gasteiger partial charge in [-0.25, -0.2) is 22.6 Å². The van der Waals surface area contributed by atoms with E-state index in [9.17, 15) is 17.6 Å². The zero-order valence-corrected chi connectivity index (χ0v) is 18.7. The molecule has 1 saturated carbocycles. The predicted octanol–water partition coefficient (Wildman–Crippen LogP) is 4.75. The number of imidazole rings is 1. The van der Waals surface area contributed by atoms with Crippen LogP contribution >= 0.6 is 11.6 Å². The highest BCUT2D eigenvalue weighted by Gasteiger charge is 2.28. The van der Waals surface area contributed by atoms with E-state index in [1.807, 2.05) is 0 Å². The molecule has 0 radical (unpaired) electrons. The maximum atomic E-state index is 13.3. The lowest BCUT2D eigenvalue weighted by Gasteiger charge is -2.11. The fourth-order valence-corrected chi connectivity index (χ4v) is 5.23. The van der Waals surface area contributed by atoms with Crippen LogP contribution in [0.2, 0.25) is 5.15 Å². The first-order valence-electron chi connectivity index (χ1n) is 10.2. The van der Waals surface area contributed by atoms with Crippen molar-refractivity contribution in [2.24, 2.45) is 0 Å². The smallest absolute Gasteiger partial charge is 0.280 e. The van der Waals surface area contributed by atoms with Crippen molar-refractivity contribution in [1.82, 2.24) is 14.0 Å². The van der Waals surface area contributed by atoms with E-state index in [-0.39, 0.29) is 28.2 Å². The second-order valence-electron chi connectivity index (χ2n) is 7.83. The van der Waals surface area contributed by atoms with Crippen LogP contribution in [0.3, 0.4) is 0 Å². The first-order chi connectivity index (χ1) is 15.3. The predicted molar refractivity (Wildman–Crippen MR) is 121 cm³/mol.